The molecule has 10 atom stereocenters. The molecule has 0 amide bonds. The predicted octanol–water partition coefficient (Wildman–Crippen LogP) is -2.04. The van der Waals surface area contributed by atoms with E-state index in [0.29, 0.717) is 0 Å². The van der Waals surface area contributed by atoms with Crippen molar-refractivity contribution in [2.45, 2.75) is 81.5 Å². The van der Waals surface area contributed by atoms with Crippen molar-refractivity contribution >= 4 is 45.3 Å². The zero-order chi connectivity index (χ0) is 29.5. The van der Waals surface area contributed by atoms with Gasteiger partial charge in [0.1, 0.15) is 24.9 Å². The number of hydrogen-bond donors (Lipinski definition) is 0. The summed E-state index contributed by atoms with van der Waals surface area (Å²) >= 11 is 0. The Morgan fingerprint density at radius 2 is 1.12 bits per heavy atom. The maximum Gasteiger partial charge on any atom is 0.293 e. The number of carbonyl (C=O) groups excluding carboxylic acids is 7. The number of carbonyl (C=O) groups is 7. The Balaban J connectivity index is 2.53. The normalized spacial score (nSPS) is 33.4. The van der Waals surface area contributed by atoms with Crippen molar-refractivity contribution in [1.29, 1.82) is 0 Å². The summed E-state index contributed by atoms with van der Waals surface area (Å²) in [6, 6.07) is 0. The molecule has 1 saturated heterocycles. The molecule has 0 aromatic rings. The van der Waals surface area contributed by atoms with Gasteiger partial charge >= 0.3 is 0 Å². The maximum absolute atomic E-state index is 11.5. The van der Waals surface area contributed by atoms with Gasteiger partial charge in [0.2, 0.25) is 0 Å². The molecule has 1 aliphatic heterocycles. The molecule has 0 aromatic heterocycles. The molecule has 0 spiro atoms. The largest absolute Gasteiger partial charge is 0.467 e. The summed E-state index contributed by atoms with van der Waals surface area (Å²) in [5, 5.41) is 0. The van der Waals surface area contributed by atoms with Crippen LogP contribution in [0.25, 0.3) is 0 Å². The Morgan fingerprint density at radius 3 is 1.68 bits per heavy atom. The van der Waals surface area contributed by atoms with E-state index in [1.165, 1.54) is 0 Å². The molecule has 0 bridgehead atoms. The molecule has 1 unspecified atom stereocenters. The molecule has 1 aliphatic carbocycles. The van der Waals surface area contributed by atoms with Gasteiger partial charge in [-0.2, -0.15) is 0 Å². The minimum atomic E-state index is -1.44. The standard InChI is InChI=1S/C23H30O17/c1-13(2)38-23-22(37-12-30)21(36-11-29)19(16(40-23)5-32-7-25)39-15-3-14(4-31-6-24)17(33-8-26)20(35-10-28)18(15)34-9-27/h6-23H,3-5H2,1-2H3/t14-,15-,16-,17+,18+,19-,20+,21+,22-,23?/m1/s1. The molecule has 17 heteroatoms. The average molecular weight is 578 g/mol. The van der Waals surface area contributed by atoms with E-state index in [0.717, 1.165) is 0 Å². The second-order valence-electron chi connectivity index (χ2n) is 8.71. The Labute approximate surface area is 227 Å². The highest BCUT2D eigenvalue weighted by Gasteiger charge is 2.55. The molecule has 2 rings (SSSR count). The first-order chi connectivity index (χ1) is 19.4. The second kappa shape index (κ2) is 17.0. The van der Waals surface area contributed by atoms with Crippen LogP contribution >= 0.6 is 0 Å². The van der Waals surface area contributed by atoms with Crippen molar-refractivity contribution in [3.05, 3.63) is 0 Å². The monoisotopic (exact) mass is 578 g/mol. The highest BCUT2D eigenvalue weighted by molar-refractivity contribution is 5.42. The molecule has 2 aliphatic rings. The van der Waals surface area contributed by atoms with Crippen LogP contribution in [0, 0.1) is 5.92 Å². The summed E-state index contributed by atoms with van der Waals surface area (Å²) < 4.78 is 53.0. The zero-order valence-corrected chi connectivity index (χ0v) is 21.5. The fourth-order valence-electron chi connectivity index (χ4n) is 4.71. The highest BCUT2D eigenvalue weighted by Crippen LogP contribution is 2.37. The molecule has 0 N–H and O–H groups in total. The van der Waals surface area contributed by atoms with Crippen molar-refractivity contribution in [1.82, 2.24) is 0 Å². The summed E-state index contributed by atoms with van der Waals surface area (Å²) in [5.41, 5.74) is 0. The van der Waals surface area contributed by atoms with Gasteiger partial charge in [-0.3, -0.25) is 33.6 Å². The van der Waals surface area contributed by atoms with Gasteiger partial charge in [-0.05, 0) is 20.3 Å². The first-order valence-electron chi connectivity index (χ1n) is 11.9. The minimum absolute atomic E-state index is 0.0254. The van der Waals surface area contributed by atoms with Crippen molar-refractivity contribution in [3.8, 4) is 0 Å². The van der Waals surface area contributed by atoms with Crippen LogP contribution < -0.4 is 0 Å². The molecule has 0 aromatic carbocycles. The van der Waals surface area contributed by atoms with Crippen molar-refractivity contribution in [2.24, 2.45) is 5.92 Å². The molecule has 17 nitrogen and oxygen atoms in total. The molecule has 40 heavy (non-hydrogen) atoms. The Morgan fingerprint density at radius 1 is 0.625 bits per heavy atom. The number of hydrogen-bond acceptors (Lipinski definition) is 17. The SMILES string of the molecule is CC(C)OC1O[C@H](COC=O)[C@@H](O[C@@H]2C[C@H](COC=O)[C@H](OC=O)[C@H](OC=O)[C@H]2OC=O)[C@H](OC=O)[C@H]1OC=O. The quantitative estimate of drug-likeness (QED) is 0.112. The van der Waals surface area contributed by atoms with Gasteiger partial charge in [0.15, 0.2) is 30.7 Å². The lowest BCUT2D eigenvalue weighted by atomic mass is 9.80. The molecule has 0 radical (unpaired) electrons. The lowest BCUT2D eigenvalue weighted by molar-refractivity contribution is -0.326. The van der Waals surface area contributed by atoms with E-state index in [9.17, 15) is 33.6 Å². The Kier molecular flexibility index (Phi) is 13.8. The van der Waals surface area contributed by atoms with E-state index in [4.69, 9.17) is 47.4 Å². The average Bonchev–Trinajstić information content (AvgIpc) is 2.92. The third-order valence-corrected chi connectivity index (χ3v) is 6.11. The van der Waals surface area contributed by atoms with Gasteiger partial charge in [-0.1, -0.05) is 0 Å². The molecular weight excluding hydrogens is 548 g/mol. The zero-order valence-electron chi connectivity index (χ0n) is 21.5. The van der Waals surface area contributed by atoms with E-state index in [1.54, 1.807) is 13.8 Å². The fourth-order valence-corrected chi connectivity index (χ4v) is 4.71. The third kappa shape index (κ3) is 8.33. The van der Waals surface area contributed by atoms with Crippen LogP contribution in [0.2, 0.25) is 0 Å². The topological polar surface area (TPSA) is 212 Å². The van der Waals surface area contributed by atoms with E-state index in [-0.39, 0.29) is 58.3 Å². The molecule has 2 fully saturated rings. The lowest BCUT2D eigenvalue weighted by Gasteiger charge is -2.48. The van der Waals surface area contributed by atoms with Gasteiger partial charge in [0.05, 0.1) is 18.8 Å². The van der Waals surface area contributed by atoms with Gasteiger partial charge in [0.25, 0.3) is 45.3 Å². The minimum Gasteiger partial charge on any atom is -0.467 e. The predicted molar refractivity (Wildman–Crippen MR) is 120 cm³/mol. The third-order valence-electron chi connectivity index (χ3n) is 6.11. The Bertz CT molecular complexity index is 836. The lowest BCUT2D eigenvalue weighted by Crippen LogP contribution is -2.65. The van der Waals surface area contributed by atoms with Gasteiger partial charge in [-0.25, -0.2) is 0 Å². The van der Waals surface area contributed by atoms with Gasteiger partial charge < -0.3 is 47.4 Å². The van der Waals surface area contributed by atoms with Crippen molar-refractivity contribution in [3.63, 3.8) is 0 Å². The highest BCUT2D eigenvalue weighted by atomic mass is 16.7. The number of rotatable bonds is 20. The first-order valence-corrected chi connectivity index (χ1v) is 11.9. The van der Waals surface area contributed by atoms with Crippen molar-refractivity contribution in [2.75, 3.05) is 13.2 Å². The smallest absolute Gasteiger partial charge is 0.293 e. The molecule has 1 saturated carbocycles. The fraction of sp³-hybridized carbons (Fsp3) is 0.696. The number of ether oxygens (including phenoxy) is 10. The molecule has 1 heterocycles. The van der Waals surface area contributed by atoms with Crippen LogP contribution in [0.15, 0.2) is 0 Å². The van der Waals surface area contributed by atoms with Crippen LogP contribution in [-0.4, -0.2) is 120 Å². The second-order valence-corrected chi connectivity index (χ2v) is 8.71. The van der Waals surface area contributed by atoms with E-state index >= 15 is 0 Å². The van der Waals surface area contributed by atoms with Crippen LogP contribution in [0.5, 0.6) is 0 Å². The summed E-state index contributed by atoms with van der Waals surface area (Å²) in [6.07, 6.45) is -12.6. The Hall–Kier alpha value is -3.83. The van der Waals surface area contributed by atoms with Crippen LogP contribution in [-0.2, 0) is 80.9 Å². The molecule has 224 valence electrons. The van der Waals surface area contributed by atoms with E-state index < -0.39 is 73.8 Å². The maximum atomic E-state index is 11.5. The first kappa shape index (κ1) is 32.4. The van der Waals surface area contributed by atoms with Gasteiger partial charge in [0, 0.05) is 5.92 Å². The summed E-state index contributed by atoms with van der Waals surface area (Å²) in [5.74, 6) is -0.851. The van der Waals surface area contributed by atoms with E-state index in [2.05, 4.69) is 0 Å². The van der Waals surface area contributed by atoms with Gasteiger partial charge in [-0.15, -0.1) is 0 Å². The summed E-state index contributed by atoms with van der Waals surface area (Å²) in [6.45, 7) is 3.08. The van der Waals surface area contributed by atoms with E-state index in [1.807, 2.05) is 0 Å². The molecular formula is C23H30O17. The summed E-state index contributed by atoms with van der Waals surface area (Å²) in [4.78, 5) is 78.5. The van der Waals surface area contributed by atoms with Crippen LogP contribution in [0.4, 0.5) is 0 Å². The van der Waals surface area contributed by atoms with Crippen LogP contribution in [0.3, 0.4) is 0 Å². The van der Waals surface area contributed by atoms with Crippen LogP contribution in [0.1, 0.15) is 20.3 Å². The summed E-state index contributed by atoms with van der Waals surface area (Å²) in [7, 11) is 0. The van der Waals surface area contributed by atoms with Crippen molar-refractivity contribution < 1.29 is 80.9 Å².